The van der Waals surface area contributed by atoms with Gasteiger partial charge in [0.1, 0.15) is 0 Å². The van der Waals surface area contributed by atoms with Gasteiger partial charge < -0.3 is 15.1 Å². The van der Waals surface area contributed by atoms with Crippen LogP contribution in [0.25, 0.3) is 0 Å². The summed E-state index contributed by atoms with van der Waals surface area (Å²) in [5.41, 5.74) is 3.66. The van der Waals surface area contributed by atoms with Crippen LogP contribution in [0, 0.1) is 0 Å². The largest absolute Gasteiger partial charge is 0.352 e. The Morgan fingerprint density at radius 1 is 1.31 bits per heavy atom. The Kier molecular flexibility index (Phi) is 6.28. The van der Waals surface area contributed by atoms with E-state index < -0.39 is 0 Å². The van der Waals surface area contributed by atoms with Gasteiger partial charge in [0.25, 0.3) is 0 Å². The van der Waals surface area contributed by atoms with Crippen LogP contribution in [0.1, 0.15) is 29.5 Å². The number of rotatable bonds is 6. The van der Waals surface area contributed by atoms with E-state index >= 15 is 0 Å². The zero-order valence-electron chi connectivity index (χ0n) is 15.4. The molecular formula is C20H26N4OS. The lowest BCUT2D eigenvalue weighted by molar-refractivity contribution is -0.128. The second-order valence-corrected chi connectivity index (χ2v) is 7.41. The first-order valence-electron chi connectivity index (χ1n) is 8.94. The fourth-order valence-electron chi connectivity index (χ4n) is 3.23. The Morgan fingerprint density at radius 2 is 2.15 bits per heavy atom. The molecule has 3 rings (SSSR count). The van der Waals surface area contributed by atoms with Crippen LogP contribution in [-0.2, 0) is 24.4 Å². The number of carbonyl (C=O) groups excluding carboxylic acids is 1. The number of thiophene rings is 1. The zero-order valence-corrected chi connectivity index (χ0v) is 16.3. The van der Waals surface area contributed by atoms with Gasteiger partial charge in [-0.1, -0.05) is 24.3 Å². The number of hydrogen-bond acceptors (Lipinski definition) is 3. The summed E-state index contributed by atoms with van der Waals surface area (Å²) in [6.45, 7) is 3.13. The lowest BCUT2D eigenvalue weighted by Gasteiger charge is -2.22. The Morgan fingerprint density at radius 3 is 2.85 bits per heavy atom. The standard InChI is InChI=1S/C20H26N4OS/c1-21-20(23(2)13-18-8-10-26-15-18)22-12-16-5-3-6-17(11-16)14-24-9-4-7-19(24)25/h3,5-6,8,10-11,15H,4,7,9,12-14H2,1-2H3,(H,21,22). The van der Waals surface area contributed by atoms with Crippen LogP contribution in [0.2, 0.25) is 0 Å². The molecule has 0 radical (unpaired) electrons. The molecule has 1 fully saturated rings. The molecule has 1 aromatic carbocycles. The molecule has 138 valence electrons. The smallest absolute Gasteiger partial charge is 0.222 e. The summed E-state index contributed by atoms with van der Waals surface area (Å²) in [6, 6.07) is 10.6. The lowest BCUT2D eigenvalue weighted by atomic mass is 10.1. The molecule has 5 nitrogen and oxygen atoms in total. The highest BCUT2D eigenvalue weighted by Gasteiger charge is 2.19. The van der Waals surface area contributed by atoms with Crippen molar-refractivity contribution in [3.05, 3.63) is 57.8 Å². The van der Waals surface area contributed by atoms with Gasteiger partial charge in [0.05, 0.1) is 0 Å². The summed E-state index contributed by atoms with van der Waals surface area (Å²) in [7, 11) is 3.85. The average molecular weight is 371 g/mol. The Labute approximate surface area is 159 Å². The van der Waals surface area contributed by atoms with Crippen molar-refractivity contribution in [1.82, 2.24) is 15.1 Å². The molecule has 1 aliphatic heterocycles. The molecule has 6 heteroatoms. The Bertz CT molecular complexity index is 757. The second-order valence-electron chi connectivity index (χ2n) is 6.63. The number of benzene rings is 1. The Hall–Kier alpha value is -2.34. The van der Waals surface area contributed by atoms with E-state index in [1.165, 1.54) is 16.7 Å². The predicted molar refractivity (Wildman–Crippen MR) is 107 cm³/mol. The summed E-state index contributed by atoms with van der Waals surface area (Å²) >= 11 is 1.71. The van der Waals surface area contributed by atoms with Gasteiger partial charge in [-0.2, -0.15) is 11.3 Å². The fourth-order valence-corrected chi connectivity index (χ4v) is 3.89. The van der Waals surface area contributed by atoms with Crippen LogP contribution in [0.15, 0.2) is 46.1 Å². The average Bonchev–Trinajstić information content (AvgIpc) is 3.28. The minimum Gasteiger partial charge on any atom is -0.352 e. The van der Waals surface area contributed by atoms with Gasteiger partial charge in [-0.25, -0.2) is 0 Å². The van der Waals surface area contributed by atoms with Gasteiger partial charge >= 0.3 is 0 Å². The molecule has 0 bridgehead atoms. The van der Waals surface area contributed by atoms with E-state index in [2.05, 4.69) is 56.3 Å². The van der Waals surface area contributed by atoms with Crippen LogP contribution in [0.4, 0.5) is 0 Å². The molecule has 1 N–H and O–H groups in total. The quantitative estimate of drug-likeness (QED) is 0.628. The number of carbonyl (C=O) groups is 1. The maximum atomic E-state index is 11.8. The molecule has 1 amide bonds. The molecule has 1 aromatic heterocycles. The van der Waals surface area contributed by atoms with Gasteiger partial charge in [0, 0.05) is 46.7 Å². The summed E-state index contributed by atoms with van der Waals surface area (Å²) in [4.78, 5) is 20.3. The van der Waals surface area contributed by atoms with Gasteiger partial charge in [0.2, 0.25) is 5.91 Å². The van der Waals surface area contributed by atoms with Crippen molar-refractivity contribution in [2.75, 3.05) is 20.6 Å². The van der Waals surface area contributed by atoms with E-state index in [-0.39, 0.29) is 5.91 Å². The van der Waals surface area contributed by atoms with Crippen molar-refractivity contribution in [2.24, 2.45) is 4.99 Å². The number of likely N-dealkylation sites (tertiary alicyclic amines) is 1. The maximum Gasteiger partial charge on any atom is 0.222 e. The van der Waals surface area contributed by atoms with E-state index in [4.69, 9.17) is 0 Å². The molecule has 1 aliphatic rings. The lowest BCUT2D eigenvalue weighted by Crippen LogP contribution is -2.37. The van der Waals surface area contributed by atoms with E-state index in [1.807, 2.05) is 19.0 Å². The molecule has 1 saturated heterocycles. The number of nitrogens with one attached hydrogen (secondary N) is 1. The van der Waals surface area contributed by atoms with Crippen molar-refractivity contribution in [3.63, 3.8) is 0 Å². The van der Waals surface area contributed by atoms with E-state index in [0.29, 0.717) is 19.5 Å². The van der Waals surface area contributed by atoms with Crippen LogP contribution < -0.4 is 5.32 Å². The van der Waals surface area contributed by atoms with Crippen LogP contribution >= 0.6 is 11.3 Å². The molecule has 2 heterocycles. The molecule has 0 saturated carbocycles. The summed E-state index contributed by atoms with van der Waals surface area (Å²) < 4.78 is 0. The molecule has 0 aliphatic carbocycles. The Balaban J connectivity index is 1.56. The maximum absolute atomic E-state index is 11.8. The van der Waals surface area contributed by atoms with E-state index in [9.17, 15) is 4.79 Å². The monoisotopic (exact) mass is 370 g/mol. The third kappa shape index (κ3) is 4.85. The van der Waals surface area contributed by atoms with Gasteiger partial charge in [-0.3, -0.25) is 9.79 Å². The third-order valence-electron chi connectivity index (χ3n) is 4.56. The van der Waals surface area contributed by atoms with Crippen LogP contribution in [-0.4, -0.2) is 42.3 Å². The highest BCUT2D eigenvalue weighted by molar-refractivity contribution is 7.07. The van der Waals surface area contributed by atoms with Crippen LogP contribution in [0.3, 0.4) is 0 Å². The summed E-state index contributed by atoms with van der Waals surface area (Å²) in [6.07, 6.45) is 1.67. The fraction of sp³-hybridized carbons (Fsp3) is 0.400. The first-order valence-corrected chi connectivity index (χ1v) is 9.88. The summed E-state index contributed by atoms with van der Waals surface area (Å²) in [5.74, 6) is 1.14. The van der Waals surface area contributed by atoms with E-state index in [1.54, 1.807) is 11.3 Å². The molecule has 2 aromatic rings. The van der Waals surface area contributed by atoms with Gasteiger partial charge in [-0.05, 0) is 39.9 Å². The normalized spacial score (nSPS) is 14.8. The molecule has 26 heavy (non-hydrogen) atoms. The number of hydrogen-bond donors (Lipinski definition) is 1. The number of nitrogens with zero attached hydrogens (tertiary/aromatic N) is 3. The van der Waals surface area contributed by atoms with Gasteiger partial charge in [0.15, 0.2) is 5.96 Å². The minimum atomic E-state index is 0.268. The molecular weight excluding hydrogens is 344 g/mol. The third-order valence-corrected chi connectivity index (χ3v) is 5.29. The zero-order chi connectivity index (χ0) is 18.4. The highest BCUT2D eigenvalue weighted by Crippen LogP contribution is 2.15. The number of amides is 1. The first-order chi connectivity index (χ1) is 12.7. The summed E-state index contributed by atoms with van der Waals surface area (Å²) in [5, 5.41) is 7.68. The van der Waals surface area contributed by atoms with E-state index in [0.717, 1.165) is 25.5 Å². The highest BCUT2D eigenvalue weighted by atomic mass is 32.1. The second kappa shape index (κ2) is 8.85. The van der Waals surface area contributed by atoms with Crippen molar-refractivity contribution in [3.8, 4) is 0 Å². The number of aliphatic imine (C=N–C) groups is 1. The van der Waals surface area contributed by atoms with Crippen molar-refractivity contribution < 1.29 is 4.79 Å². The molecule has 0 spiro atoms. The SMILES string of the molecule is CN=C(NCc1cccc(CN2CCCC2=O)c1)N(C)Cc1ccsc1. The predicted octanol–water partition coefficient (Wildman–Crippen LogP) is 3.08. The topological polar surface area (TPSA) is 47.9 Å². The van der Waals surface area contributed by atoms with Crippen molar-refractivity contribution in [1.29, 1.82) is 0 Å². The molecule has 0 unspecified atom stereocenters. The van der Waals surface area contributed by atoms with Gasteiger partial charge in [-0.15, -0.1) is 0 Å². The number of guanidine groups is 1. The van der Waals surface area contributed by atoms with Crippen molar-refractivity contribution in [2.45, 2.75) is 32.5 Å². The minimum absolute atomic E-state index is 0.268. The first kappa shape index (κ1) is 18.5. The van der Waals surface area contributed by atoms with Crippen LogP contribution in [0.5, 0.6) is 0 Å². The molecule has 0 atom stereocenters. The van der Waals surface area contributed by atoms with Crippen molar-refractivity contribution >= 4 is 23.2 Å².